The van der Waals surface area contributed by atoms with Crippen LogP contribution < -0.4 is 4.74 Å². The number of nitrogens with zero attached hydrogens (tertiary/aromatic N) is 2. The molecule has 1 aliphatic heterocycles. The van der Waals surface area contributed by atoms with Gasteiger partial charge in [-0.15, -0.1) is 0 Å². The number of hydrogen-bond acceptors (Lipinski definition) is 4. The molecule has 1 unspecified atom stereocenters. The molecule has 29 heavy (non-hydrogen) atoms. The van der Waals surface area contributed by atoms with Crippen molar-refractivity contribution in [2.75, 3.05) is 6.79 Å². The van der Waals surface area contributed by atoms with Crippen LogP contribution in [0.2, 0.25) is 0 Å². The van der Waals surface area contributed by atoms with Gasteiger partial charge in [0.2, 0.25) is 6.79 Å². The molecule has 0 radical (unpaired) electrons. The van der Waals surface area contributed by atoms with Crippen molar-refractivity contribution < 1.29 is 14.2 Å². The third-order valence-electron chi connectivity index (χ3n) is 5.94. The first-order chi connectivity index (χ1) is 14.2. The Hall–Kier alpha value is -2.95. The quantitative estimate of drug-likeness (QED) is 0.576. The SMILES string of the molecule is Cc1c(C)n(CC2CC2)c2c(OC(Cc3ccccc3)C3=COCO3)ccnc12. The Labute approximate surface area is 170 Å². The molecule has 5 nitrogen and oxygen atoms in total. The van der Waals surface area contributed by atoms with Gasteiger partial charge in [0.15, 0.2) is 11.9 Å². The van der Waals surface area contributed by atoms with Crippen LogP contribution >= 0.6 is 0 Å². The highest BCUT2D eigenvalue weighted by molar-refractivity contribution is 5.86. The van der Waals surface area contributed by atoms with E-state index in [1.807, 2.05) is 30.5 Å². The average molecular weight is 390 g/mol. The monoisotopic (exact) mass is 390 g/mol. The number of benzene rings is 1. The van der Waals surface area contributed by atoms with Gasteiger partial charge in [-0.3, -0.25) is 4.98 Å². The second-order valence-corrected chi connectivity index (χ2v) is 8.02. The third kappa shape index (κ3) is 3.57. The minimum absolute atomic E-state index is 0.242. The summed E-state index contributed by atoms with van der Waals surface area (Å²) in [4.78, 5) is 4.67. The Balaban J connectivity index is 1.53. The molecular formula is C24H26N2O3. The molecule has 5 heteroatoms. The lowest BCUT2D eigenvalue weighted by atomic mass is 10.1. The minimum Gasteiger partial charge on any atom is -0.480 e. The summed E-state index contributed by atoms with van der Waals surface area (Å²) in [5, 5.41) is 0. The van der Waals surface area contributed by atoms with Crippen LogP contribution in [0.15, 0.2) is 54.6 Å². The lowest BCUT2D eigenvalue weighted by molar-refractivity contribution is 0.0559. The summed E-state index contributed by atoms with van der Waals surface area (Å²) < 4.78 is 20.0. The summed E-state index contributed by atoms with van der Waals surface area (Å²) >= 11 is 0. The first kappa shape index (κ1) is 18.1. The van der Waals surface area contributed by atoms with E-state index in [4.69, 9.17) is 14.2 Å². The second-order valence-electron chi connectivity index (χ2n) is 8.02. The van der Waals surface area contributed by atoms with Crippen molar-refractivity contribution in [1.29, 1.82) is 0 Å². The Kier molecular flexibility index (Phi) is 4.66. The van der Waals surface area contributed by atoms with E-state index in [0.717, 1.165) is 35.0 Å². The molecule has 1 saturated carbocycles. The van der Waals surface area contributed by atoms with Gasteiger partial charge >= 0.3 is 0 Å². The number of rotatable bonds is 7. The lowest BCUT2D eigenvalue weighted by Gasteiger charge is -2.20. The normalized spacial score (nSPS) is 17.0. The lowest BCUT2D eigenvalue weighted by Crippen LogP contribution is -2.23. The van der Waals surface area contributed by atoms with Crippen LogP contribution in [-0.2, 0) is 22.4 Å². The molecule has 3 aromatic rings. The van der Waals surface area contributed by atoms with Crippen LogP contribution in [0.3, 0.4) is 0 Å². The van der Waals surface area contributed by atoms with Crippen LogP contribution in [0, 0.1) is 19.8 Å². The summed E-state index contributed by atoms with van der Waals surface area (Å²) in [7, 11) is 0. The van der Waals surface area contributed by atoms with E-state index in [-0.39, 0.29) is 12.9 Å². The van der Waals surface area contributed by atoms with Crippen LogP contribution in [0.1, 0.15) is 29.7 Å². The van der Waals surface area contributed by atoms with Gasteiger partial charge in [0.05, 0.1) is 5.52 Å². The van der Waals surface area contributed by atoms with Crippen LogP contribution in [0.5, 0.6) is 5.75 Å². The highest BCUT2D eigenvalue weighted by atomic mass is 16.7. The Morgan fingerprint density at radius 2 is 2.00 bits per heavy atom. The van der Waals surface area contributed by atoms with Gasteiger partial charge in [-0.2, -0.15) is 0 Å². The van der Waals surface area contributed by atoms with E-state index in [1.54, 1.807) is 6.26 Å². The fourth-order valence-electron chi connectivity index (χ4n) is 4.00. The summed E-state index contributed by atoms with van der Waals surface area (Å²) in [6.45, 7) is 5.60. The molecule has 1 aromatic carbocycles. The fourth-order valence-corrected chi connectivity index (χ4v) is 4.00. The number of aryl methyl sites for hydroxylation is 1. The number of aromatic nitrogens is 2. The van der Waals surface area contributed by atoms with Crippen molar-refractivity contribution in [2.24, 2.45) is 5.92 Å². The van der Waals surface area contributed by atoms with Crippen molar-refractivity contribution in [2.45, 2.75) is 45.8 Å². The van der Waals surface area contributed by atoms with E-state index in [1.165, 1.54) is 29.7 Å². The number of pyridine rings is 1. The van der Waals surface area contributed by atoms with Gasteiger partial charge in [-0.05, 0) is 43.7 Å². The first-order valence-corrected chi connectivity index (χ1v) is 10.3. The van der Waals surface area contributed by atoms with E-state index in [9.17, 15) is 0 Å². The first-order valence-electron chi connectivity index (χ1n) is 10.3. The average Bonchev–Trinajstić information content (AvgIpc) is 3.33. The van der Waals surface area contributed by atoms with Crippen molar-refractivity contribution in [3.63, 3.8) is 0 Å². The summed E-state index contributed by atoms with van der Waals surface area (Å²) in [5.74, 6) is 2.35. The van der Waals surface area contributed by atoms with Crippen molar-refractivity contribution in [3.8, 4) is 5.75 Å². The topological polar surface area (TPSA) is 45.5 Å². The molecule has 0 saturated heterocycles. The maximum absolute atomic E-state index is 6.59. The second kappa shape index (κ2) is 7.47. The molecule has 2 aliphatic rings. The highest BCUT2D eigenvalue weighted by Crippen LogP contribution is 2.37. The van der Waals surface area contributed by atoms with E-state index in [2.05, 4.69) is 35.5 Å². The van der Waals surface area contributed by atoms with Gasteiger partial charge in [0.1, 0.15) is 17.5 Å². The number of fused-ring (bicyclic) bond motifs is 1. The standard InChI is InChI=1S/C24H26N2O3/c1-16-17(2)26(13-19-8-9-19)24-20(10-11-25-23(16)24)29-21(22-14-27-15-28-22)12-18-6-4-3-5-7-18/h3-7,10-11,14,19,21H,8-9,12-13,15H2,1-2H3. The van der Waals surface area contributed by atoms with E-state index in [0.29, 0.717) is 6.42 Å². The Morgan fingerprint density at radius 1 is 1.17 bits per heavy atom. The smallest absolute Gasteiger partial charge is 0.230 e. The predicted molar refractivity (Wildman–Crippen MR) is 112 cm³/mol. The van der Waals surface area contributed by atoms with E-state index < -0.39 is 0 Å². The zero-order chi connectivity index (χ0) is 19.8. The fraction of sp³-hybridized carbons (Fsp3) is 0.375. The molecule has 5 rings (SSSR count). The van der Waals surface area contributed by atoms with Gasteiger partial charge in [0, 0.05) is 30.9 Å². The molecule has 150 valence electrons. The minimum atomic E-state index is -0.254. The Morgan fingerprint density at radius 3 is 2.72 bits per heavy atom. The summed E-state index contributed by atoms with van der Waals surface area (Å²) in [6.07, 6.45) is 6.58. The van der Waals surface area contributed by atoms with Crippen LogP contribution in [0.25, 0.3) is 11.0 Å². The Bertz CT molecular complexity index is 1050. The number of hydrogen-bond donors (Lipinski definition) is 0. The van der Waals surface area contributed by atoms with Crippen LogP contribution in [0.4, 0.5) is 0 Å². The van der Waals surface area contributed by atoms with Gasteiger partial charge in [-0.1, -0.05) is 30.3 Å². The molecular weight excluding hydrogens is 364 g/mol. The zero-order valence-electron chi connectivity index (χ0n) is 16.9. The molecule has 0 spiro atoms. The predicted octanol–water partition coefficient (Wildman–Crippen LogP) is 4.90. The maximum atomic E-state index is 6.59. The molecule has 1 fully saturated rings. The van der Waals surface area contributed by atoms with Gasteiger partial charge in [0.25, 0.3) is 0 Å². The van der Waals surface area contributed by atoms with Crippen molar-refractivity contribution >= 4 is 11.0 Å². The largest absolute Gasteiger partial charge is 0.480 e. The van der Waals surface area contributed by atoms with Crippen LogP contribution in [-0.4, -0.2) is 22.4 Å². The molecule has 1 aliphatic carbocycles. The molecule has 1 atom stereocenters. The summed E-state index contributed by atoms with van der Waals surface area (Å²) in [5.41, 5.74) is 5.81. The maximum Gasteiger partial charge on any atom is 0.230 e. The summed E-state index contributed by atoms with van der Waals surface area (Å²) in [6, 6.07) is 12.3. The number of ether oxygens (including phenoxy) is 3. The molecule has 0 N–H and O–H groups in total. The van der Waals surface area contributed by atoms with Crippen molar-refractivity contribution in [1.82, 2.24) is 9.55 Å². The molecule has 3 heterocycles. The van der Waals surface area contributed by atoms with E-state index >= 15 is 0 Å². The van der Waals surface area contributed by atoms with Gasteiger partial charge < -0.3 is 18.8 Å². The highest BCUT2D eigenvalue weighted by Gasteiger charge is 2.28. The molecule has 2 aromatic heterocycles. The van der Waals surface area contributed by atoms with Gasteiger partial charge in [-0.25, -0.2) is 0 Å². The zero-order valence-corrected chi connectivity index (χ0v) is 16.9. The molecule has 0 amide bonds. The third-order valence-corrected chi connectivity index (χ3v) is 5.94. The molecule has 0 bridgehead atoms. The van der Waals surface area contributed by atoms with Crippen molar-refractivity contribution in [3.05, 3.63) is 71.4 Å².